The molecular weight excluding hydrogens is 854 g/mol. The van der Waals surface area contributed by atoms with Crippen LogP contribution in [0.5, 0.6) is 11.5 Å². The molecule has 1 N–H and O–H groups in total. The van der Waals surface area contributed by atoms with Crippen molar-refractivity contribution in [3.63, 3.8) is 0 Å². The van der Waals surface area contributed by atoms with Gasteiger partial charge in [-0.3, -0.25) is 23.9 Å². The third kappa shape index (κ3) is 10.8. The molecule has 1 aliphatic carbocycles. The summed E-state index contributed by atoms with van der Waals surface area (Å²) in [6, 6.07) is 7.62. The Morgan fingerprint density at radius 3 is 2.21 bits per heavy atom. The number of rotatable bonds is 8. The molecule has 1 amide bonds. The third-order valence-corrected chi connectivity index (χ3v) is 10.4. The largest absolute Gasteiger partial charge is 0.466 e. The smallest absolute Gasteiger partial charge is 0.419 e. The Labute approximate surface area is 359 Å². The van der Waals surface area contributed by atoms with Gasteiger partial charge in [0.25, 0.3) is 5.56 Å². The molecule has 7 rings (SSSR count). The number of amides is 1. The summed E-state index contributed by atoms with van der Waals surface area (Å²) in [7, 11) is 0. The van der Waals surface area contributed by atoms with Gasteiger partial charge in [0.1, 0.15) is 29.5 Å². The summed E-state index contributed by atoms with van der Waals surface area (Å²) in [5.41, 5.74) is -3.93. The number of nitrogens with zero attached hydrogens (tertiary/aromatic N) is 2. The van der Waals surface area contributed by atoms with E-state index >= 15 is 4.39 Å². The normalized spacial score (nSPS) is 17.8. The van der Waals surface area contributed by atoms with Gasteiger partial charge in [0.2, 0.25) is 5.91 Å². The van der Waals surface area contributed by atoms with E-state index in [1.54, 1.807) is 17.9 Å². The molecular formula is C44H46CrF8N3O5-. The molecule has 1 unspecified atom stereocenters. The van der Waals surface area contributed by atoms with Crippen LogP contribution in [0.4, 0.5) is 35.1 Å². The summed E-state index contributed by atoms with van der Waals surface area (Å²) in [6.07, 6.45) is -9.89. The van der Waals surface area contributed by atoms with Crippen molar-refractivity contribution in [2.45, 2.75) is 89.9 Å². The summed E-state index contributed by atoms with van der Waals surface area (Å²) in [5, 5.41) is 2.45. The van der Waals surface area contributed by atoms with Gasteiger partial charge >= 0.3 is 18.3 Å². The summed E-state index contributed by atoms with van der Waals surface area (Å²) in [4.78, 5) is 42.8. The Kier molecular flexibility index (Phi) is 15.7. The van der Waals surface area contributed by atoms with Gasteiger partial charge < -0.3 is 22.2 Å². The number of pyridine rings is 1. The molecule has 0 spiro atoms. The van der Waals surface area contributed by atoms with Crippen molar-refractivity contribution in [2.24, 2.45) is 0 Å². The zero-order valence-electron chi connectivity index (χ0n) is 34.1. The van der Waals surface area contributed by atoms with Crippen molar-refractivity contribution in [1.82, 2.24) is 14.8 Å². The molecule has 61 heavy (non-hydrogen) atoms. The number of halogens is 8. The van der Waals surface area contributed by atoms with Crippen molar-refractivity contribution in [2.75, 3.05) is 26.2 Å². The molecule has 8 nitrogen and oxygen atoms in total. The molecule has 2 fully saturated rings. The van der Waals surface area contributed by atoms with Crippen molar-refractivity contribution in [3.8, 4) is 22.6 Å². The van der Waals surface area contributed by atoms with Crippen LogP contribution in [0.1, 0.15) is 97.0 Å². The summed E-state index contributed by atoms with van der Waals surface area (Å²) in [5.74, 6) is -3.61. The second kappa shape index (κ2) is 19.5. The average Bonchev–Trinajstić information content (AvgIpc) is 4.00. The molecule has 1 aromatic heterocycles. The number of nitrogens with one attached hydrogen (secondary N) is 1. The zero-order chi connectivity index (χ0) is 43.0. The molecule has 0 radical (unpaired) electrons. The van der Waals surface area contributed by atoms with Crippen molar-refractivity contribution in [3.05, 3.63) is 123 Å². The van der Waals surface area contributed by atoms with Crippen LogP contribution in [0.2, 0.25) is 0 Å². The number of aryl methyl sites for hydroxylation is 1. The first kappa shape index (κ1) is 48.9. The van der Waals surface area contributed by atoms with Gasteiger partial charge in [-0.15, -0.1) is 0 Å². The fourth-order valence-corrected chi connectivity index (χ4v) is 7.55. The topological polar surface area (TPSA) is 89.9 Å². The number of esters is 1. The van der Waals surface area contributed by atoms with E-state index < -0.39 is 77.0 Å². The van der Waals surface area contributed by atoms with E-state index in [0.29, 0.717) is 17.7 Å². The van der Waals surface area contributed by atoms with Crippen LogP contribution >= 0.6 is 0 Å². The molecule has 3 aliphatic rings. The summed E-state index contributed by atoms with van der Waals surface area (Å²) < 4.78 is 129. The van der Waals surface area contributed by atoms with E-state index in [0.717, 1.165) is 35.2 Å². The first-order valence-electron chi connectivity index (χ1n) is 19.4. The Hall–Kier alpha value is -4.72. The van der Waals surface area contributed by atoms with Crippen molar-refractivity contribution in [1.29, 1.82) is 0 Å². The number of hydrogen-bond donors (Lipinski definition) is 1. The number of aromatic nitrogens is 1. The summed E-state index contributed by atoms with van der Waals surface area (Å²) in [6.45, 7) is 7.00. The number of fused-ring (bicyclic) bond motifs is 6. The second-order valence-electron chi connectivity index (χ2n) is 14.6. The SMILES string of the molecule is CC.CCOC(=O)C[C@@H]1NC(=O)C(n2cc(CCN3CC(F)C3)c(C(F)(F)F)cc2=O)c2cccc(c2)Oc2cc(C3CC3)cc(C)c2-c2cc1c(F)c(C(F)(F)F)c2.[CH3-].[Cr]. The van der Waals surface area contributed by atoms with E-state index in [1.165, 1.54) is 31.2 Å². The third-order valence-electron chi connectivity index (χ3n) is 10.4. The second-order valence-corrected chi connectivity index (χ2v) is 14.6. The minimum Gasteiger partial charge on any atom is -0.466 e. The first-order chi connectivity index (χ1) is 27.9. The predicted octanol–water partition coefficient (Wildman–Crippen LogP) is 10.1. The quantitative estimate of drug-likeness (QED) is 0.108. The maximum Gasteiger partial charge on any atom is 0.419 e. The number of ether oxygens (including phenoxy) is 2. The van der Waals surface area contributed by atoms with Crippen LogP contribution in [0.15, 0.2) is 65.6 Å². The molecule has 1 saturated heterocycles. The Bertz CT molecular complexity index is 2290. The van der Waals surface area contributed by atoms with Crippen molar-refractivity contribution >= 4 is 11.9 Å². The van der Waals surface area contributed by atoms with Gasteiger partial charge in [-0.05, 0) is 97.2 Å². The Morgan fingerprint density at radius 1 is 0.934 bits per heavy atom. The maximum atomic E-state index is 16.3. The molecule has 17 heteroatoms. The number of alkyl halides is 7. The minimum absolute atomic E-state index is 0. The molecule has 2 aliphatic heterocycles. The fourth-order valence-electron chi connectivity index (χ4n) is 7.55. The van der Waals surface area contributed by atoms with Gasteiger partial charge in [0, 0.05) is 60.4 Å². The maximum absolute atomic E-state index is 16.3. The van der Waals surface area contributed by atoms with Crippen LogP contribution < -0.4 is 15.6 Å². The monoisotopic (exact) mass is 900 g/mol. The van der Waals surface area contributed by atoms with Crippen LogP contribution in [-0.4, -0.2) is 53.8 Å². The van der Waals surface area contributed by atoms with Gasteiger partial charge in [0.15, 0.2) is 0 Å². The molecule has 330 valence electrons. The molecule has 4 aromatic rings. The predicted molar refractivity (Wildman–Crippen MR) is 209 cm³/mol. The number of hydrogen-bond acceptors (Lipinski definition) is 6. The summed E-state index contributed by atoms with van der Waals surface area (Å²) >= 11 is 0. The van der Waals surface area contributed by atoms with Crippen LogP contribution in [0.3, 0.4) is 0 Å². The zero-order valence-corrected chi connectivity index (χ0v) is 35.4. The fraction of sp³-hybridized carbons (Fsp3) is 0.409. The van der Waals surface area contributed by atoms with Gasteiger partial charge in [-0.1, -0.05) is 32.0 Å². The average molecular weight is 901 g/mol. The van der Waals surface area contributed by atoms with Crippen molar-refractivity contribution < 1.29 is 71.5 Å². The van der Waals surface area contributed by atoms with E-state index in [2.05, 4.69) is 5.32 Å². The number of carbonyl (C=O) groups excluding carboxylic acids is 2. The Morgan fingerprint density at radius 2 is 1.61 bits per heavy atom. The van der Waals surface area contributed by atoms with Crippen LogP contribution in [0, 0.1) is 20.2 Å². The first-order valence-corrected chi connectivity index (χ1v) is 19.4. The number of likely N-dealkylation sites (tertiary alicyclic amines) is 1. The standard InChI is InChI=1S/C41H37F8N3O5.C2H6.CH3.Cr/c1-3-56-35(54)17-32-29-13-26(14-31(37(29)43)41(47,48)49)36-21(2)11-25(22-7-8-22)15-33(36)57-28-6-4-5-23(12-28)38(39(55)50-32)52-18-24(9-10-51-19-27(42)20-51)30(16-34(52)53)40(44,45)46;1-2;;/h4-6,11-16,18,22,27,32,38H,3,7-10,17,19-20H2,1-2H3,(H,50,55);1-2H3;1H3;/q;;-1;/t32-,38?;;;/m0.../s1. The molecule has 1 saturated carbocycles. The molecule has 4 bridgehead atoms. The number of carbonyl (C=O) groups is 2. The van der Waals surface area contributed by atoms with E-state index in [9.17, 15) is 45.1 Å². The number of benzene rings is 3. The van der Waals surface area contributed by atoms with E-state index in [-0.39, 0.29) is 97.1 Å². The molecule has 2 atom stereocenters. The van der Waals surface area contributed by atoms with Gasteiger partial charge in [-0.2, -0.15) is 26.3 Å². The van der Waals surface area contributed by atoms with E-state index in [4.69, 9.17) is 9.47 Å². The molecule has 3 aromatic carbocycles. The van der Waals surface area contributed by atoms with Crippen LogP contribution in [0.25, 0.3) is 11.1 Å². The Balaban J connectivity index is 0.00000202. The van der Waals surface area contributed by atoms with Gasteiger partial charge in [0.05, 0.1) is 30.2 Å². The minimum atomic E-state index is -5.25. The van der Waals surface area contributed by atoms with Crippen LogP contribution in [-0.2, 0) is 50.5 Å². The molecule has 3 heterocycles. The van der Waals surface area contributed by atoms with Gasteiger partial charge in [-0.25, -0.2) is 8.78 Å². The van der Waals surface area contributed by atoms with E-state index in [1.807, 2.05) is 19.9 Å².